The summed E-state index contributed by atoms with van der Waals surface area (Å²) in [5.74, 6) is 0.00728. The van der Waals surface area contributed by atoms with Crippen molar-refractivity contribution in [1.29, 1.82) is 0 Å². The molecule has 0 spiro atoms. The molecule has 2 aliphatic rings. The summed E-state index contributed by atoms with van der Waals surface area (Å²) in [6.07, 6.45) is 3.94. The van der Waals surface area contributed by atoms with Crippen LogP contribution in [0.1, 0.15) is 49.6 Å². The molecule has 1 amide bonds. The van der Waals surface area contributed by atoms with Gasteiger partial charge in [0.15, 0.2) is 6.23 Å². The summed E-state index contributed by atoms with van der Waals surface area (Å²) in [7, 11) is 0. The number of rotatable bonds is 4. The summed E-state index contributed by atoms with van der Waals surface area (Å²) >= 11 is 6.42. The Morgan fingerprint density at radius 1 is 1.20 bits per heavy atom. The van der Waals surface area contributed by atoms with E-state index in [0.717, 1.165) is 24.8 Å². The van der Waals surface area contributed by atoms with Gasteiger partial charge >= 0.3 is 0 Å². The normalized spacial score (nSPS) is 21.0. The molecule has 0 N–H and O–H groups in total. The minimum absolute atomic E-state index is 0.00728. The number of amides is 1. The number of ether oxygens (including phenoxy) is 1. The Labute approximate surface area is 181 Å². The summed E-state index contributed by atoms with van der Waals surface area (Å²) < 4.78 is 6.98. The van der Waals surface area contributed by atoms with Gasteiger partial charge in [-0.3, -0.25) is 9.59 Å². The van der Waals surface area contributed by atoms with Crippen molar-refractivity contribution in [3.05, 3.63) is 57.0 Å². The maximum Gasteiger partial charge on any atom is 0.290 e. The second-order valence-electron chi connectivity index (χ2n) is 7.96. The molecule has 30 heavy (non-hydrogen) atoms. The van der Waals surface area contributed by atoms with Gasteiger partial charge in [-0.1, -0.05) is 35.9 Å². The Bertz CT molecular complexity index is 987. The molecule has 0 bridgehead atoms. The fraction of sp³-hybridized carbons (Fsp3) is 0.500. The zero-order chi connectivity index (χ0) is 21.3. The van der Waals surface area contributed by atoms with Gasteiger partial charge in [0, 0.05) is 19.7 Å². The highest BCUT2D eigenvalue weighted by molar-refractivity contribution is 6.33. The first-order valence-corrected chi connectivity index (χ1v) is 10.8. The molecule has 2 aliphatic heterocycles. The molecule has 4 rings (SSSR count). The van der Waals surface area contributed by atoms with Gasteiger partial charge in [-0.05, 0) is 44.2 Å². The highest BCUT2D eigenvalue weighted by atomic mass is 35.5. The number of carbonyl (C=O) groups excluding carboxylic acids is 1. The Morgan fingerprint density at radius 3 is 2.70 bits per heavy atom. The van der Waals surface area contributed by atoms with Crippen LogP contribution in [-0.2, 0) is 9.53 Å². The first kappa shape index (κ1) is 20.9. The summed E-state index contributed by atoms with van der Waals surface area (Å²) in [4.78, 5) is 29.4. The zero-order valence-electron chi connectivity index (χ0n) is 17.4. The number of halogens is 1. The van der Waals surface area contributed by atoms with E-state index in [2.05, 4.69) is 31.1 Å². The molecule has 2 aromatic rings. The van der Waals surface area contributed by atoms with E-state index in [-0.39, 0.29) is 35.3 Å². The second kappa shape index (κ2) is 8.78. The lowest BCUT2D eigenvalue weighted by molar-refractivity contribution is -0.133. The van der Waals surface area contributed by atoms with Gasteiger partial charge in [-0.2, -0.15) is 9.78 Å². The number of hydrogen-bond acceptors (Lipinski definition) is 5. The first-order valence-electron chi connectivity index (χ1n) is 10.5. The highest BCUT2D eigenvalue weighted by Gasteiger charge is 2.31. The number of aryl methyl sites for hydroxylation is 1. The van der Waals surface area contributed by atoms with Gasteiger partial charge in [0.1, 0.15) is 5.02 Å². The summed E-state index contributed by atoms with van der Waals surface area (Å²) in [5.41, 5.74) is 2.45. The van der Waals surface area contributed by atoms with Gasteiger partial charge in [-0.15, -0.1) is 0 Å². The van der Waals surface area contributed by atoms with Crippen molar-refractivity contribution in [3.8, 4) is 0 Å². The van der Waals surface area contributed by atoms with Crippen LogP contribution < -0.4 is 10.5 Å². The molecule has 7 nitrogen and oxygen atoms in total. The summed E-state index contributed by atoms with van der Waals surface area (Å²) in [6.45, 7) is 6.04. The van der Waals surface area contributed by atoms with E-state index in [4.69, 9.17) is 16.3 Å². The molecule has 1 aromatic heterocycles. The van der Waals surface area contributed by atoms with E-state index in [1.807, 2.05) is 21.9 Å². The smallest absolute Gasteiger partial charge is 0.290 e. The number of aromatic nitrogens is 2. The largest absolute Gasteiger partial charge is 0.358 e. The Balaban J connectivity index is 1.50. The van der Waals surface area contributed by atoms with E-state index in [1.165, 1.54) is 10.2 Å². The van der Waals surface area contributed by atoms with E-state index in [0.29, 0.717) is 25.4 Å². The Hall–Kier alpha value is -2.38. The topological polar surface area (TPSA) is 67.7 Å². The Kier molecular flexibility index (Phi) is 6.11. The SMILES string of the molecule is Cc1ccccc1C(C)N1CCN(c2cnn(C3CCCCO3)c(=O)c2Cl)CC1=O. The molecule has 0 aliphatic carbocycles. The van der Waals surface area contributed by atoms with Crippen LogP contribution in [0.2, 0.25) is 5.02 Å². The monoisotopic (exact) mass is 430 g/mol. The number of hydrogen-bond donors (Lipinski definition) is 0. The van der Waals surface area contributed by atoms with Crippen molar-refractivity contribution in [2.45, 2.75) is 45.4 Å². The van der Waals surface area contributed by atoms with Crippen LogP contribution in [0.15, 0.2) is 35.3 Å². The molecule has 0 saturated carbocycles. The lowest BCUT2D eigenvalue weighted by Gasteiger charge is -2.39. The van der Waals surface area contributed by atoms with Crippen LogP contribution in [0.4, 0.5) is 5.69 Å². The van der Waals surface area contributed by atoms with Gasteiger partial charge in [0.25, 0.3) is 5.56 Å². The molecule has 1 aromatic carbocycles. The third kappa shape index (κ3) is 3.96. The second-order valence-corrected chi connectivity index (χ2v) is 8.33. The Morgan fingerprint density at radius 2 is 2.00 bits per heavy atom. The quantitative estimate of drug-likeness (QED) is 0.744. The minimum atomic E-state index is -0.371. The zero-order valence-corrected chi connectivity index (χ0v) is 18.1. The average molecular weight is 431 g/mol. The van der Waals surface area contributed by atoms with Crippen molar-refractivity contribution >= 4 is 23.2 Å². The van der Waals surface area contributed by atoms with Crippen molar-refractivity contribution in [2.24, 2.45) is 0 Å². The fourth-order valence-corrected chi connectivity index (χ4v) is 4.56. The first-order chi connectivity index (χ1) is 14.5. The lowest BCUT2D eigenvalue weighted by Crippen LogP contribution is -2.51. The van der Waals surface area contributed by atoms with Crippen LogP contribution >= 0.6 is 11.6 Å². The average Bonchev–Trinajstić information content (AvgIpc) is 2.76. The minimum Gasteiger partial charge on any atom is -0.358 e. The predicted molar refractivity (Wildman–Crippen MR) is 116 cm³/mol. The summed E-state index contributed by atoms with van der Waals surface area (Å²) in [5, 5.41) is 4.39. The van der Waals surface area contributed by atoms with Crippen molar-refractivity contribution in [1.82, 2.24) is 14.7 Å². The number of anilines is 1. The fourth-order valence-electron chi connectivity index (χ4n) is 4.30. The summed E-state index contributed by atoms with van der Waals surface area (Å²) in [6, 6.07) is 8.11. The van der Waals surface area contributed by atoms with Gasteiger partial charge in [0.2, 0.25) is 5.91 Å². The maximum absolute atomic E-state index is 12.9. The molecule has 2 atom stereocenters. The van der Waals surface area contributed by atoms with Crippen LogP contribution in [0, 0.1) is 6.92 Å². The van der Waals surface area contributed by atoms with E-state index in [1.54, 1.807) is 6.20 Å². The molecular formula is C22H27ClN4O3. The number of nitrogens with zero attached hydrogens (tertiary/aromatic N) is 4. The third-order valence-electron chi connectivity index (χ3n) is 6.06. The van der Waals surface area contributed by atoms with Crippen LogP contribution in [-0.4, -0.2) is 46.8 Å². The predicted octanol–water partition coefficient (Wildman–Crippen LogP) is 3.31. The third-order valence-corrected chi connectivity index (χ3v) is 6.41. The molecule has 2 unspecified atom stereocenters. The van der Waals surface area contributed by atoms with Crippen LogP contribution in [0.25, 0.3) is 0 Å². The lowest BCUT2D eigenvalue weighted by atomic mass is 10.0. The molecule has 2 saturated heterocycles. The molecule has 8 heteroatoms. The van der Waals surface area contributed by atoms with E-state index >= 15 is 0 Å². The number of benzene rings is 1. The standard InChI is InChI=1S/C22H27ClN4O3/c1-15-7-3-4-8-17(15)16(2)26-11-10-25(14-19(26)28)18-13-24-27(22(29)21(18)23)20-9-5-6-12-30-20/h3-4,7-8,13,16,20H,5-6,9-12,14H2,1-2H3. The van der Waals surface area contributed by atoms with Crippen molar-refractivity contribution < 1.29 is 9.53 Å². The molecule has 3 heterocycles. The van der Waals surface area contributed by atoms with Gasteiger partial charge in [0.05, 0.1) is 24.5 Å². The van der Waals surface area contributed by atoms with E-state index in [9.17, 15) is 9.59 Å². The van der Waals surface area contributed by atoms with Gasteiger partial charge in [-0.25, -0.2) is 0 Å². The van der Waals surface area contributed by atoms with Crippen LogP contribution in [0.5, 0.6) is 0 Å². The van der Waals surface area contributed by atoms with Crippen molar-refractivity contribution in [3.63, 3.8) is 0 Å². The molecular weight excluding hydrogens is 404 g/mol. The molecule has 160 valence electrons. The molecule has 2 fully saturated rings. The van der Waals surface area contributed by atoms with Crippen molar-refractivity contribution in [2.75, 3.05) is 31.1 Å². The molecule has 0 radical (unpaired) electrons. The number of carbonyl (C=O) groups is 1. The van der Waals surface area contributed by atoms with E-state index < -0.39 is 0 Å². The van der Waals surface area contributed by atoms with Gasteiger partial charge < -0.3 is 14.5 Å². The maximum atomic E-state index is 12.9. The number of piperazine rings is 1. The van der Waals surface area contributed by atoms with Crippen LogP contribution in [0.3, 0.4) is 0 Å². The highest BCUT2D eigenvalue weighted by Crippen LogP contribution is 2.29.